The van der Waals surface area contributed by atoms with Crippen molar-refractivity contribution in [3.8, 4) is 16.9 Å². The van der Waals surface area contributed by atoms with Crippen LogP contribution in [0.4, 0.5) is 0 Å². The van der Waals surface area contributed by atoms with Crippen molar-refractivity contribution in [1.29, 1.82) is 0 Å². The maximum Gasteiger partial charge on any atom is 0.272 e. The van der Waals surface area contributed by atoms with Crippen LogP contribution in [0.5, 0.6) is 0 Å². The van der Waals surface area contributed by atoms with Crippen molar-refractivity contribution in [2.75, 3.05) is 6.54 Å². The van der Waals surface area contributed by atoms with Gasteiger partial charge >= 0.3 is 0 Å². The Morgan fingerprint density at radius 3 is 2.22 bits per heavy atom. The van der Waals surface area contributed by atoms with E-state index >= 15 is 0 Å². The molecule has 4 aliphatic carbocycles. The second-order valence-corrected chi connectivity index (χ2v) is 12.3. The van der Waals surface area contributed by atoms with Gasteiger partial charge in [-0.1, -0.05) is 46.9 Å². The summed E-state index contributed by atoms with van der Waals surface area (Å²) < 4.78 is 1.74. The summed E-state index contributed by atoms with van der Waals surface area (Å²) >= 11 is 18.8. The number of nitrogens with zero attached hydrogens (tertiary/aromatic N) is 2. The third-order valence-electron chi connectivity index (χ3n) is 8.78. The fourth-order valence-corrected chi connectivity index (χ4v) is 8.05. The highest BCUT2D eigenvalue weighted by Gasteiger charge is 2.47. The Kier molecular flexibility index (Phi) is 6.56. The Balaban J connectivity index is 1.25. The van der Waals surface area contributed by atoms with Gasteiger partial charge in [0.1, 0.15) is 0 Å². The maximum atomic E-state index is 13.4. The number of rotatable bonds is 6. The standard InChI is InChI=1S/C29H30Cl3N3O/c1-16-27(29(36)33-9-8-24-20-11-17-10-18(13-20)14-21(24)12-17)34-35(26-7-6-23(31)15-25(26)32)28(16)19-2-4-22(30)5-3-19/h2-7,15,17-18,20-21,24H,8-14H2,1H3,(H,33,36)/t17-,18+,20-,21+,24?. The average molecular weight is 543 g/mol. The molecule has 4 bridgehead atoms. The van der Waals surface area contributed by atoms with E-state index in [0.717, 1.165) is 52.8 Å². The molecule has 7 rings (SSSR count). The lowest BCUT2D eigenvalue weighted by molar-refractivity contribution is -0.0391. The van der Waals surface area contributed by atoms with E-state index in [0.29, 0.717) is 33.0 Å². The highest BCUT2D eigenvalue weighted by Crippen LogP contribution is 2.57. The van der Waals surface area contributed by atoms with E-state index < -0.39 is 0 Å². The van der Waals surface area contributed by atoms with Crippen LogP contribution in [0.2, 0.25) is 15.1 Å². The van der Waals surface area contributed by atoms with Crippen LogP contribution in [-0.2, 0) is 0 Å². The van der Waals surface area contributed by atoms with Crippen LogP contribution in [0.25, 0.3) is 16.9 Å². The zero-order chi connectivity index (χ0) is 25.0. The van der Waals surface area contributed by atoms with E-state index in [-0.39, 0.29) is 5.91 Å². The molecule has 4 fully saturated rings. The third-order valence-corrected chi connectivity index (χ3v) is 9.57. The Bertz CT molecular complexity index is 1270. The van der Waals surface area contributed by atoms with Crippen molar-refractivity contribution in [2.45, 2.75) is 45.4 Å². The highest BCUT2D eigenvalue weighted by atomic mass is 35.5. The molecule has 1 heterocycles. The predicted octanol–water partition coefficient (Wildman–Crippen LogP) is 8.00. The minimum absolute atomic E-state index is 0.143. The molecule has 0 radical (unpaired) electrons. The van der Waals surface area contributed by atoms with Gasteiger partial charge in [-0.25, -0.2) is 4.68 Å². The number of carbonyl (C=O) groups is 1. The lowest BCUT2D eigenvalue weighted by atomic mass is 9.51. The Morgan fingerprint density at radius 2 is 1.58 bits per heavy atom. The molecule has 3 aromatic rings. The molecule has 4 saturated carbocycles. The van der Waals surface area contributed by atoms with E-state index in [2.05, 4.69) is 5.32 Å². The minimum Gasteiger partial charge on any atom is -0.351 e. The molecule has 0 spiro atoms. The zero-order valence-electron chi connectivity index (χ0n) is 20.3. The lowest BCUT2D eigenvalue weighted by Gasteiger charge is -2.54. The van der Waals surface area contributed by atoms with Crippen molar-refractivity contribution in [3.05, 3.63) is 68.8 Å². The summed E-state index contributed by atoms with van der Waals surface area (Å²) in [5.41, 5.74) is 3.60. The molecule has 7 heteroatoms. The molecule has 0 atom stereocenters. The number of benzene rings is 2. The number of hydrogen-bond donors (Lipinski definition) is 1. The van der Waals surface area contributed by atoms with Gasteiger partial charge in [0.15, 0.2) is 5.69 Å². The largest absolute Gasteiger partial charge is 0.351 e. The SMILES string of the molecule is Cc1c(C(=O)NCCC2[C@H]3C[C@@H]4C[C@@H](C[C@H]2C4)C3)nn(-c2ccc(Cl)cc2Cl)c1-c1ccc(Cl)cc1. The van der Waals surface area contributed by atoms with Gasteiger partial charge in [0.2, 0.25) is 0 Å². The molecule has 0 saturated heterocycles. The second kappa shape index (κ2) is 9.70. The average Bonchev–Trinajstić information content (AvgIpc) is 3.17. The van der Waals surface area contributed by atoms with Crippen molar-refractivity contribution in [2.24, 2.45) is 29.6 Å². The number of amides is 1. The summed E-state index contributed by atoms with van der Waals surface area (Å²) in [6, 6.07) is 12.8. The first-order valence-corrected chi connectivity index (χ1v) is 14.1. The van der Waals surface area contributed by atoms with Gasteiger partial charge in [-0.15, -0.1) is 0 Å². The van der Waals surface area contributed by atoms with E-state index in [4.69, 9.17) is 39.9 Å². The number of carbonyl (C=O) groups excluding carboxylic acids is 1. The molecule has 4 nitrogen and oxygen atoms in total. The molecule has 1 amide bonds. The van der Waals surface area contributed by atoms with Gasteiger partial charge < -0.3 is 5.32 Å². The van der Waals surface area contributed by atoms with Crippen molar-refractivity contribution in [1.82, 2.24) is 15.1 Å². The summed E-state index contributed by atoms with van der Waals surface area (Å²) in [4.78, 5) is 13.4. The molecule has 1 aromatic heterocycles. The highest BCUT2D eigenvalue weighted by molar-refractivity contribution is 6.35. The topological polar surface area (TPSA) is 46.9 Å². The zero-order valence-corrected chi connectivity index (χ0v) is 22.6. The first-order valence-electron chi connectivity index (χ1n) is 13.0. The summed E-state index contributed by atoms with van der Waals surface area (Å²) in [5, 5.41) is 9.60. The normalized spacial score (nSPS) is 26.4. The Morgan fingerprint density at radius 1 is 0.944 bits per heavy atom. The van der Waals surface area contributed by atoms with Crippen LogP contribution in [0.3, 0.4) is 0 Å². The molecule has 0 unspecified atom stereocenters. The smallest absolute Gasteiger partial charge is 0.272 e. The fourth-order valence-electron chi connectivity index (χ4n) is 7.43. The molecule has 1 N–H and O–H groups in total. The number of hydrogen-bond acceptors (Lipinski definition) is 2. The molecule has 188 valence electrons. The van der Waals surface area contributed by atoms with Crippen LogP contribution < -0.4 is 5.32 Å². The molecule has 36 heavy (non-hydrogen) atoms. The van der Waals surface area contributed by atoms with Crippen molar-refractivity contribution >= 4 is 40.7 Å². The summed E-state index contributed by atoms with van der Waals surface area (Å²) in [7, 11) is 0. The Labute approximate surface area is 227 Å². The van der Waals surface area contributed by atoms with Gasteiger partial charge in [-0.3, -0.25) is 4.79 Å². The van der Waals surface area contributed by atoms with Gasteiger partial charge in [0.25, 0.3) is 5.91 Å². The van der Waals surface area contributed by atoms with Crippen LogP contribution in [0, 0.1) is 36.5 Å². The first kappa shape index (κ1) is 24.3. The second-order valence-electron chi connectivity index (χ2n) is 11.0. The monoisotopic (exact) mass is 541 g/mol. The number of aromatic nitrogens is 2. The van der Waals surface area contributed by atoms with Gasteiger partial charge in [0, 0.05) is 27.7 Å². The summed E-state index contributed by atoms with van der Waals surface area (Å²) in [6.07, 6.45) is 8.14. The molecular formula is C29H30Cl3N3O. The summed E-state index contributed by atoms with van der Waals surface area (Å²) in [6.45, 7) is 2.63. The molecule has 4 aliphatic rings. The number of halogens is 3. The van der Waals surface area contributed by atoms with Gasteiger partial charge in [-0.05, 0) is 105 Å². The molecular weight excluding hydrogens is 513 g/mol. The van der Waals surface area contributed by atoms with Crippen LogP contribution in [-0.4, -0.2) is 22.2 Å². The summed E-state index contributed by atoms with van der Waals surface area (Å²) in [5.74, 6) is 4.28. The Hall–Kier alpha value is -2.01. The van der Waals surface area contributed by atoms with Crippen LogP contribution in [0.15, 0.2) is 42.5 Å². The molecule has 0 aliphatic heterocycles. The van der Waals surface area contributed by atoms with Crippen LogP contribution >= 0.6 is 34.8 Å². The van der Waals surface area contributed by atoms with E-state index in [9.17, 15) is 4.79 Å². The number of nitrogens with one attached hydrogen (secondary N) is 1. The van der Waals surface area contributed by atoms with E-state index in [1.807, 2.05) is 37.3 Å². The fraction of sp³-hybridized carbons (Fsp3) is 0.448. The first-order chi connectivity index (χ1) is 17.4. The lowest BCUT2D eigenvalue weighted by Crippen LogP contribution is -2.46. The quantitative estimate of drug-likeness (QED) is 0.343. The maximum absolute atomic E-state index is 13.4. The van der Waals surface area contributed by atoms with Crippen molar-refractivity contribution in [3.63, 3.8) is 0 Å². The van der Waals surface area contributed by atoms with Crippen LogP contribution in [0.1, 0.15) is 54.6 Å². The predicted molar refractivity (Wildman–Crippen MR) is 146 cm³/mol. The van der Waals surface area contributed by atoms with E-state index in [1.54, 1.807) is 16.8 Å². The third kappa shape index (κ3) is 4.46. The minimum atomic E-state index is -0.143. The van der Waals surface area contributed by atoms with Gasteiger partial charge in [-0.2, -0.15) is 5.10 Å². The van der Waals surface area contributed by atoms with E-state index in [1.165, 1.54) is 32.1 Å². The molecule has 2 aromatic carbocycles. The van der Waals surface area contributed by atoms with Crippen molar-refractivity contribution < 1.29 is 4.79 Å². The van der Waals surface area contributed by atoms with Gasteiger partial charge in [0.05, 0.1) is 16.4 Å².